The molecule has 92 valence electrons. The van der Waals surface area contributed by atoms with Gasteiger partial charge in [0.15, 0.2) is 0 Å². The number of aromatic nitrogens is 1. The second-order valence-corrected chi connectivity index (χ2v) is 4.70. The number of amides is 1. The van der Waals surface area contributed by atoms with Gasteiger partial charge in [0.2, 0.25) is 0 Å². The minimum Gasteiger partial charge on any atom is -0.491 e. The summed E-state index contributed by atoms with van der Waals surface area (Å²) >= 11 is 0. The molecule has 5 nitrogen and oxygen atoms in total. The number of ether oxygens (including phenoxy) is 1. The molecule has 1 amide bonds. The molecule has 5 heteroatoms. The Bertz CT molecular complexity index is 457. The van der Waals surface area contributed by atoms with Crippen molar-refractivity contribution < 1.29 is 14.4 Å². The smallest absolute Gasteiger partial charge is 0.295 e. The number of hydrogen-bond acceptors (Lipinski definition) is 4. The Morgan fingerprint density at radius 2 is 2.24 bits per heavy atom. The number of carbonyl (C=O) groups is 1. The van der Waals surface area contributed by atoms with E-state index in [1.165, 1.54) is 7.11 Å². The minimum atomic E-state index is -0.266. The van der Waals surface area contributed by atoms with Gasteiger partial charge in [-0.25, -0.2) is 10.0 Å². The summed E-state index contributed by atoms with van der Waals surface area (Å²) in [5.41, 5.74) is 1.04. The molecule has 0 saturated heterocycles. The zero-order valence-corrected chi connectivity index (χ0v) is 10.5. The summed E-state index contributed by atoms with van der Waals surface area (Å²) in [6.07, 6.45) is 0. The molecule has 1 aromatic heterocycles. The number of hydroxylamine groups is 2. The molecular weight excluding hydrogens is 220 g/mol. The van der Waals surface area contributed by atoms with Gasteiger partial charge in [-0.1, -0.05) is 13.8 Å². The largest absolute Gasteiger partial charge is 0.491 e. The Morgan fingerprint density at radius 3 is 2.88 bits per heavy atom. The van der Waals surface area contributed by atoms with E-state index in [9.17, 15) is 4.79 Å². The van der Waals surface area contributed by atoms with Crippen molar-refractivity contribution in [2.75, 3.05) is 20.8 Å². The topological polar surface area (TPSA) is 51.7 Å². The highest BCUT2D eigenvalue weighted by Crippen LogP contribution is 2.36. The van der Waals surface area contributed by atoms with Gasteiger partial charge in [-0.3, -0.25) is 9.63 Å². The molecule has 2 rings (SSSR count). The van der Waals surface area contributed by atoms with Crippen molar-refractivity contribution in [2.45, 2.75) is 19.3 Å². The van der Waals surface area contributed by atoms with E-state index in [4.69, 9.17) is 9.57 Å². The van der Waals surface area contributed by atoms with Gasteiger partial charge < -0.3 is 4.74 Å². The van der Waals surface area contributed by atoms with Crippen molar-refractivity contribution in [1.82, 2.24) is 10.0 Å². The molecule has 17 heavy (non-hydrogen) atoms. The van der Waals surface area contributed by atoms with Crippen LogP contribution in [0, 0.1) is 0 Å². The highest BCUT2D eigenvalue weighted by atomic mass is 16.7. The summed E-state index contributed by atoms with van der Waals surface area (Å²) in [6, 6.07) is 3.44. The predicted octanol–water partition coefficient (Wildman–Crippen LogP) is 1.39. The molecule has 2 heterocycles. The van der Waals surface area contributed by atoms with E-state index in [2.05, 4.69) is 4.98 Å². The Hall–Kier alpha value is -1.62. The van der Waals surface area contributed by atoms with E-state index in [1.54, 1.807) is 19.2 Å². The molecule has 0 aromatic carbocycles. The van der Waals surface area contributed by atoms with Gasteiger partial charge >= 0.3 is 0 Å². The fourth-order valence-electron chi connectivity index (χ4n) is 1.74. The van der Waals surface area contributed by atoms with Crippen molar-refractivity contribution in [3.63, 3.8) is 0 Å². The Balaban J connectivity index is 2.37. The first-order valence-corrected chi connectivity index (χ1v) is 5.42. The predicted molar refractivity (Wildman–Crippen MR) is 61.9 cm³/mol. The number of rotatable bonds is 2. The number of carbonyl (C=O) groups excluding carboxylic acids is 1. The second-order valence-electron chi connectivity index (χ2n) is 4.70. The fourth-order valence-corrected chi connectivity index (χ4v) is 1.74. The first-order chi connectivity index (χ1) is 7.95. The fraction of sp³-hybridized carbons (Fsp3) is 0.500. The average Bonchev–Trinajstić information content (AvgIpc) is 2.63. The maximum Gasteiger partial charge on any atom is 0.295 e. The molecular formula is C12H16N2O3. The lowest BCUT2D eigenvalue weighted by Crippen LogP contribution is -2.27. The molecule has 0 fully saturated rings. The molecule has 0 aliphatic carbocycles. The third-order valence-corrected chi connectivity index (χ3v) is 2.87. The lowest BCUT2D eigenvalue weighted by molar-refractivity contribution is -0.0760. The molecule has 0 bridgehead atoms. The van der Waals surface area contributed by atoms with E-state index >= 15 is 0 Å². The maximum atomic E-state index is 11.9. The van der Waals surface area contributed by atoms with Crippen LogP contribution < -0.4 is 4.74 Å². The van der Waals surface area contributed by atoms with Gasteiger partial charge in [-0.05, 0) is 12.1 Å². The van der Waals surface area contributed by atoms with Crippen LogP contribution >= 0.6 is 0 Å². The quantitative estimate of drug-likeness (QED) is 0.728. The van der Waals surface area contributed by atoms with Gasteiger partial charge in [-0.15, -0.1) is 0 Å². The highest BCUT2D eigenvalue weighted by Gasteiger charge is 2.34. The molecule has 0 saturated carbocycles. The Kier molecular flexibility index (Phi) is 2.79. The van der Waals surface area contributed by atoms with Crippen molar-refractivity contribution in [2.24, 2.45) is 0 Å². The number of fused-ring (bicyclic) bond motifs is 1. The summed E-state index contributed by atoms with van der Waals surface area (Å²) in [6.45, 7) is 4.67. The zero-order chi connectivity index (χ0) is 12.6. The van der Waals surface area contributed by atoms with Crippen molar-refractivity contribution in [3.8, 4) is 5.75 Å². The van der Waals surface area contributed by atoms with Gasteiger partial charge in [0, 0.05) is 12.5 Å². The second kappa shape index (κ2) is 4.00. The molecule has 0 radical (unpaired) electrons. The van der Waals surface area contributed by atoms with Crippen LogP contribution in [-0.2, 0) is 10.3 Å². The first kappa shape index (κ1) is 11.9. The normalized spacial score (nSPS) is 16.2. The third-order valence-electron chi connectivity index (χ3n) is 2.87. The van der Waals surface area contributed by atoms with E-state index in [0.29, 0.717) is 12.3 Å². The zero-order valence-electron chi connectivity index (χ0n) is 10.5. The minimum absolute atomic E-state index is 0.155. The summed E-state index contributed by atoms with van der Waals surface area (Å²) in [5.74, 6) is 0.490. The van der Waals surface area contributed by atoms with Gasteiger partial charge in [0.1, 0.15) is 11.4 Å². The average molecular weight is 236 g/mol. The van der Waals surface area contributed by atoms with Crippen LogP contribution in [0.3, 0.4) is 0 Å². The van der Waals surface area contributed by atoms with Crippen LogP contribution in [0.1, 0.15) is 30.0 Å². The van der Waals surface area contributed by atoms with Crippen LogP contribution in [0.4, 0.5) is 0 Å². The number of hydrogen-bond donors (Lipinski definition) is 0. The van der Waals surface area contributed by atoms with Crippen LogP contribution in [0.15, 0.2) is 12.1 Å². The number of pyridine rings is 1. The third kappa shape index (κ3) is 1.98. The summed E-state index contributed by atoms with van der Waals surface area (Å²) < 4.78 is 5.52. The van der Waals surface area contributed by atoms with Crippen molar-refractivity contribution in [1.29, 1.82) is 0 Å². The van der Waals surface area contributed by atoms with Crippen molar-refractivity contribution in [3.05, 3.63) is 23.5 Å². The summed E-state index contributed by atoms with van der Waals surface area (Å²) in [7, 11) is 3.00. The van der Waals surface area contributed by atoms with Gasteiger partial charge in [-0.2, -0.15) is 0 Å². The van der Waals surface area contributed by atoms with Crippen LogP contribution in [-0.4, -0.2) is 36.7 Å². The lowest BCUT2D eigenvalue weighted by Gasteiger charge is -2.16. The molecule has 1 aliphatic heterocycles. The SMILES string of the molecule is CON(C)C(=O)c1ccc2c(n1)C(C)(C)CO2. The van der Waals surface area contributed by atoms with Crippen LogP contribution in [0.5, 0.6) is 5.75 Å². The Labute approximate surface area is 100 Å². The Morgan fingerprint density at radius 1 is 1.53 bits per heavy atom. The van der Waals surface area contributed by atoms with E-state index in [1.807, 2.05) is 13.8 Å². The number of nitrogens with zero attached hydrogens (tertiary/aromatic N) is 2. The maximum absolute atomic E-state index is 11.9. The summed E-state index contributed by atoms with van der Waals surface area (Å²) in [5, 5.41) is 1.15. The lowest BCUT2D eigenvalue weighted by atomic mass is 9.91. The monoisotopic (exact) mass is 236 g/mol. The summed E-state index contributed by atoms with van der Waals surface area (Å²) in [4.78, 5) is 21.1. The van der Waals surface area contributed by atoms with Crippen molar-refractivity contribution >= 4 is 5.91 Å². The highest BCUT2D eigenvalue weighted by molar-refractivity contribution is 5.91. The van der Waals surface area contributed by atoms with E-state index < -0.39 is 0 Å². The van der Waals surface area contributed by atoms with Crippen LogP contribution in [0.25, 0.3) is 0 Å². The van der Waals surface area contributed by atoms with Crippen LogP contribution in [0.2, 0.25) is 0 Å². The van der Waals surface area contributed by atoms with E-state index in [-0.39, 0.29) is 11.3 Å². The van der Waals surface area contributed by atoms with E-state index in [0.717, 1.165) is 16.5 Å². The molecule has 0 atom stereocenters. The standard InChI is InChI=1S/C12H16N2O3/c1-12(2)7-17-9-6-5-8(13-10(9)12)11(15)14(3)16-4/h5-6H,7H2,1-4H3. The molecule has 1 aliphatic rings. The molecule has 0 spiro atoms. The molecule has 0 unspecified atom stereocenters. The first-order valence-electron chi connectivity index (χ1n) is 5.42. The van der Waals surface area contributed by atoms with Gasteiger partial charge in [0.05, 0.1) is 19.4 Å². The van der Waals surface area contributed by atoms with Gasteiger partial charge in [0.25, 0.3) is 5.91 Å². The molecule has 1 aromatic rings. The molecule has 0 N–H and O–H groups in total.